The molecule has 0 aliphatic carbocycles. The first-order valence-electron chi connectivity index (χ1n) is 8.94. The van der Waals surface area contributed by atoms with Gasteiger partial charge in [-0.2, -0.15) is 0 Å². The van der Waals surface area contributed by atoms with Crippen LogP contribution in [0.3, 0.4) is 0 Å². The molecule has 20 heavy (non-hydrogen) atoms. The van der Waals surface area contributed by atoms with Gasteiger partial charge in [-0.3, -0.25) is 0 Å². The number of unbranched alkanes of at least 4 members (excludes halogenated alkanes) is 8. The van der Waals surface area contributed by atoms with E-state index in [0.29, 0.717) is 0 Å². The highest BCUT2D eigenvalue weighted by atomic mass is 15.3. The average molecular weight is 286 g/mol. The average Bonchev–Trinajstić information content (AvgIpc) is 2.37. The normalized spacial score (nSPS) is 12.3. The van der Waals surface area contributed by atoms with E-state index in [4.69, 9.17) is 0 Å². The molecule has 0 radical (unpaired) electrons. The van der Waals surface area contributed by atoms with Crippen molar-refractivity contribution in [3.05, 3.63) is 0 Å². The van der Waals surface area contributed by atoms with Gasteiger partial charge in [0.2, 0.25) is 0 Å². The van der Waals surface area contributed by atoms with Crippen molar-refractivity contribution >= 4 is 0 Å². The van der Waals surface area contributed by atoms with Gasteiger partial charge >= 0.3 is 0 Å². The lowest BCUT2D eigenvalue weighted by Crippen LogP contribution is -2.41. The first kappa shape index (κ1) is 19.9. The van der Waals surface area contributed by atoms with E-state index in [1.807, 2.05) is 0 Å². The summed E-state index contributed by atoms with van der Waals surface area (Å²) in [7, 11) is 9.15. The topological polar surface area (TPSA) is 3.24 Å². The van der Waals surface area contributed by atoms with Gasteiger partial charge in [-0.1, -0.05) is 39.0 Å². The maximum absolute atomic E-state index is 2.41. The van der Waals surface area contributed by atoms with Crippen molar-refractivity contribution in [2.45, 2.75) is 71.1 Å². The van der Waals surface area contributed by atoms with E-state index in [9.17, 15) is 0 Å². The maximum atomic E-state index is 2.41. The molecule has 0 aromatic heterocycles. The fourth-order valence-electron chi connectivity index (χ4n) is 2.75. The molecule has 0 bridgehead atoms. The van der Waals surface area contributed by atoms with Gasteiger partial charge in [-0.15, -0.1) is 0 Å². The summed E-state index contributed by atoms with van der Waals surface area (Å²) in [6.07, 6.45) is 14.1. The van der Waals surface area contributed by atoms with E-state index in [1.54, 1.807) is 0 Å². The Morgan fingerprint density at radius 1 is 0.650 bits per heavy atom. The van der Waals surface area contributed by atoms with Crippen molar-refractivity contribution < 1.29 is 4.48 Å². The second kappa shape index (κ2) is 12.6. The summed E-state index contributed by atoms with van der Waals surface area (Å²) in [6.45, 7) is 6.26. The highest BCUT2D eigenvalue weighted by Gasteiger charge is 2.13. The van der Waals surface area contributed by atoms with Crippen LogP contribution in [0.25, 0.3) is 0 Å². The van der Waals surface area contributed by atoms with Gasteiger partial charge in [0.15, 0.2) is 0 Å². The molecule has 0 aliphatic heterocycles. The third kappa shape index (κ3) is 14.3. The van der Waals surface area contributed by atoms with Gasteiger partial charge in [0, 0.05) is 0 Å². The quantitative estimate of drug-likeness (QED) is 0.334. The lowest BCUT2D eigenvalue weighted by atomic mass is 10.1. The second-order valence-corrected chi connectivity index (χ2v) is 7.37. The van der Waals surface area contributed by atoms with E-state index in [2.05, 4.69) is 40.0 Å². The maximum Gasteiger partial charge on any atom is 0.0782 e. The molecule has 0 N–H and O–H groups in total. The van der Waals surface area contributed by atoms with Crippen LogP contribution in [0.2, 0.25) is 0 Å². The highest BCUT2D eigenvalue weighted by Crippen LogP contribution is 2.10. The first-order chi connectivity index (χ1) is 9.48. The Morgan fingerprint density at radius 2 is 1.10 bits per heavy atom. The van der Waals surface area contributed by atoms with Gasteiger partial charge in [-0.05, 0) is 52.7 Å². The molecule has 0 aromatic carbocycles. The number of hydrogen-bond donors (Lipinski definition) is 0. The predicted molar refractivity (Wildman–Crippen MR) is 92.2 cm³/mol. The molecule has 0 fully saturated rings. The second-order valence-electron chi connectivity index (χ2n) is 7.37. The van der Waals surface area contributed by atoms with Gasteiger partial charge < -0.3 is 9.38 Å². The molecule has 0 aliphatic rings. The zero-order chi connectivity index (χ0) is 15.3. The van der Waals surface area contributed by atoms with E-state index >= 15 is 0 Å². The van der Waals surface area contributed by atoms with Crippen molar-refractivity contribution in [2.75, 3.05) is 47.8 Å². The van der Waals surface area contributed by atoms with Crippen LogP contribution in [-0.4, -0.2) is 57.2 Å². The minimum atomic E-state index is 1.22. The Balaban J connectivity index is 3.40. The van der Waals surface area contributed by atoms with Crippen molar-refractivity contribution in [2.24, 2.45) is 0 Å². The molecule has 0 spiro atoms. The number of rotatable bonds is 14. The molecule has 0 saturated heterocycles. The SMILES string of the molecule is CCCCCCCC[N+](C)(C)CCCCCCN(C)C. The van der Waals surface area contributed by atoms with Gasteiger partial charge in [0.25, 0.3) is 0 Å². The van der Waals surface area contributed by atoms with Crippen molar-refractivity contribution in [3.63, 3.8) is 0 Å². The standard InChI is InChI=1S/C18H41N2/c1-6-7-8-9-11-14-17-20(4,5)18-15-12-10-13-16-19(2)3/h6-18H2,1-5H3/q+1. The van der Waals surface area contributed by atoms with Crippen molar-refractivity contribution in [3.8, 4) is 0 Å². The summed E-state index contributed by atoms with van der Waals surface area (Å²) in [5.74, 6) is 0. The fraction of sp³-hybridized carbons (Fsp3) is 1.00. The molecule has 0 atom stereocenters. The molecule has 0 unspecified atom stereocenters. The molecule has 0 heterocycles. The molecule has 0 rings (SSSR count). The Bertz CT molecular complexity index is 200. The Morgan fingerprint density at radius 3 is 1.60 bits per heavy atom. The van der Waals surface area contributed by atoms with Gasteiger partial charge in [-0.25, -0.2) is 0 Å². The molecule has 122 valence electrons. The zero-order valence-electron chi connectivity index (χ0n) is 15.1. The number of quaternary nitrogens is 1. The summed E-state index contributed by atoms with van der Waals surface area (Å²) >= 11 is 0. The van der Waals surface area contributed by atoms with Gasteiger partial charge in [0.05, 0.1) is 27.2 Å². The van der Waals surface area contributed by atoms with E-state index in [1.165, 1.54) is 88.3 Å². The highest BCUT2D eigenvalue weighted by molar-refractivity contribution is 4.48. The van der Waals surface area contributed by atoms with Crippen LogP contribution >= 0.6 is 0 Å². The minimum absolute atomic E-state index is 1.22. The molecular weight excluding hydrogens is 244 g/mol. The van der Waals surface area contributed by atoms with Crippen LogP contribution in [0, 0.1) is 0 Å². The molecule has 2 heteroatoms. The molecule has 2 nitrogen and oxygen atoms in total. The smallest absolute Gasteiger partial charge is 0.0782 e. The van der Waals surface area contributed by atoms with Crippen LogP contribution < -0.4 is 0 Å². The Kier molecular flexibility index (Phi) is 12.6. The lowest BCUT2D eigenvalue weighted by molar-refractivity contribution is -0.890. The third-order valence-electron chi connectivity index (χ3n) is 4.24. The molecule has 0 saturated carbocycles. The Labute approximate surface area is 129 Å². The fourth-order valence-corrected chi connectivity index (χ4v) is 2.75. The van der Waals surface area contributed by atoms with Crippen LogP contribution in [0.15, 0.2) is 0 Å². The predicted octanol–water partition coefficient (Wildman–Crippen LogP) is 4.55. The molecule has 0 aromatic rings. The van der Waals surface area contributed by atoms with E-state index in [-0.39, 0.29) is 0 Å². The Hall–Kier alpha value is -0.0800. The summed E-state index contributed by atoms with van der Waals surface area (Å²) in [4.78, 5) is 2.29. The van der Waals surface area contributed by atoms with Crippen molar-refractivity contribution in [1.82, 2.24) is 4.90 Å². The third-order valence-corrected chi connectivity index (χ3v) is 4.24. The van der Waals surface area contributed by atoms with Crippen LogP contribution in [0.1, 0.15) is 71.1 Å². The summed E-state index contributed by atoms with van der Waals surface area (Å²) < 4.78 is 1.22. The summed E-state index contributed by atoms with van der Waals surface area (Å²) in [6, 6.07) is 0. The lowest BCUT2D eigenvalue weighted by Gasteiger charge is -2.30. The summed E-state index contributed by atoms with van der Waals surface area (Å²) in [5, 5.41) is 0. The number of nitrogens with zero attached hydrogens (tertiary/aromatic N) is 2. The largest absolute Gasteiger partial charge is 0.328 e. The van der Waals surface area contributed by atoms with E-state index in [0.717, 1.165) is 0 Å². The van der Waals surface area contributed by atoms with Crippen LogP contribution in [0.4, 0.5) is 0 Å². The van der Waals surface area contributed by atoms with Crippen LogP contribution in [-0.2, 0) is 0 Å². The summed E-state index contributed by atoms with van der Waals surface area (Å²) in [5.41, 5.74) is 0. The van der Waals surface area contributed by atoms with Crippen LogP contribution in [0.5, 0.6) is 0 Å². The zero-order valence-corrected chi connectivity index (χ0v) is 15.1. The van der Waals surface area contributed by atoms with E-state index < -0.39 is 0 Å². The number of hydrogen-bond acceptors (Lipinski definition) is 1. The monoisotopic (exact) mass is 285 g/mol. The van der Waals surface area contributed by atoms with Crippen molar-refractivity contribution in [1.29, 1.82) is 0 Å². The molecule has 0 amide bonds. The molecular formula is C18H41N2+. The van der Waals surface area contributed by atoms with Gasteiger partial charge in [0.1, 0.15) is 0 Å². The first-order valence-corrected chi connectivity index (χ1v) is 8.94. The minimum Gasteiger partial charge on any atom is -0.328 e.